The summed E-state index contributed by atoms with van der Waals surface area (Å²) in [5, 5.41) is 0. The molecule has 3 aromatic rings. The third kappa shape index (κ3) is 3.90. The Morgan fingerprint density at radius 2 is 1.37 bits per heavy atom. The van der Waals surface area contributed by atoms with Crippen LogP contribution in [0.5, 0.6) is 0 Å². The van der Waals surface area contributed by atoms with Crippen LogP contribution in [0.1, 0.15) is 30.0 Å². The van der Waals surface area contributed by atoms with Gasteiger partial charge in [-0.15, -0.1) is 0 Å². The van der Waals surface area contributed by atoms with Gasteiger partial charge in [0.05, 0.1) is 12.0 Å². The Morgan fingerprint density at radius 3 is 1.83 bits per heavy atom. The van der Waals surface area contributed by atoms with Crippen molar-refractivity contribution in [2.24, 2.45) is 11.7 Å². The molecule has 2 atom stereocenters. The van der Waals surface area contributed by atoms with Gasteiger partial charge in [0.25, 0.3) is 0 Å². The van der Waals surface area contributed by atoms with E-state index in [-0.39, 0.29) is 11.9 Å². The molecule has 1 fully saturated rings. The van der Waals surface area contributed by atoms with E-state index in [4.69, 9.17) is 10.5 Å². The molecular weight excluding hydrogens is 370 g/mol. The first-order valence-electron chi connectivity index (χ1n) is 10.7. The van der Waals surface area contributed by atoms with E-state index in [0.29, 0.717) is 25.9 Å². The number of hydrogen-bond donors (Lipinski definition) is 1. The number of rotatable bonds is 8. The first kappa shape index (κ1) is 20.4. The highest BCUT2D eigenvalue weighted by Gasteiger charge is 2.68. The summed E-state index contributed by atoms with van der Waals surface area (Å²) in [5.74, 6) is -0.149. The molecule has 2 unspecified atom stereocenters. The number of esters is 1. The van der Waals surface area contributed by atoms with Crippen molar-refractivity contribution in [3.05, 3.63) is 108 Å². The number of benzene rings is 3. The van der Waals surface area contributed by atoms with Gasteiger partial charge in [-0.05, 0) is 48.8 Å². The maximum atomic E-state index is 13.2. The minimum Gasteiger partial charge on any atom is -0.465 e. The predicted octanol–water partition coefficient (Wildman–Crippen LogP) is 4.69. The summed E-state index contributed by atoms with van der Waals surface area (Å²) in [6, 6.07) is 30.7. The summed E-state index contributed by atoms with van der Waals surface area (Å²) in [7, 11) is 0. The van der Waals surface area contributed by atoms with Gasteiger partial charge in [-0.1, -0.05) is 91.0 Å². The summed E-state index contributed by atoms with van der Waals surface area (Å²) in [5.41, 5.74) is 9.35. The number of carbonyl (C=O) groups excluding carboxylic acids is 1. The Morgan fingerprint density at radius 1 is 0.900 bits per heavy atom. The van der Waals surface area contributed by atoms with Crippen molar-refractivity contribution < 1.29 is 9.53 Å². The Bertz CT molecular complexity index is 930. The van der Waals surface area contributed by atoms with Crippen LogP contribution in [0.3, 0.4) is 0 Å². The third-order valence-corrected chi connectivity index (χ3v) is 6.34. The second-order valence-corrected chi connectivity index (χ2v) is 8.37. The number of hydrogen-bond acceptors (Lipinski definition) is 3. The molecule has 1 saturated carbocycles. The molecule has 0 aliphatic heterocycles. The fraction of sp³-hybridized carbons (Fsp3) is 0.296. The van der Waals surface area contributed by atoms with E-state index in [1.54, 1.807) is 0 Å². The molecule has 4 rings (SSSR count). The molecule has 1 aliphatic rings. The zero-order chi connectivity index (χ0) is 21.0. The molecule has 154 valence electrons. The summed E-state index contributed by atoms with van der Waals surface area (Å²) >= 11 is 0. The number of ether oxygens (including phenoxy) is 1. The van der Waals surface area contributed by atoms with Gasteiger partial charge in [0.2, 0.25) is 0 Å². The highest BCUT2D eigenvalue weighted by Crippen LogP contribution is 2.60. The van der Waals surface area contributed by atoms with Crippen LogP contribution in [0.2, 0.25) is 0 Å². The van der Waals surface area contributed by atoms with E-state index < -0.39 is 11.0 Å². The van der Waals surface area contributed by atoms with Crippen LogP contribution in [0.4, 0.5) is 0 Å². The number of carbonyl (C=O) groups is 1. The van der Waals surface area contributed by atoms with Gasteiger partial charge in [-0.3, -0.25) is 4.79 Å². The molecule has 0 bridgehead atoms. The monoisotopic (exact) mass is 399 g/mol. The fourth-order valence-corrected chi connectivity index (χ4v) is 4.88. The molecule has 30 heavy (non-hydrogen) atoms. The van der Waals surface area contributed by atoms with E-state index in [9.17, 15) is 4.79 Å². The molecule has 0 spiro atoms. The van der Waals surface area contributed by atoms with E-state index in [1.807, 2.05) is 73.7 Å². The van der Waals surface area contributed by atoms with Crippen molar-refractivity contribution in [3.8, 4) is 0 Å². The lowest BCUT2D eigenvalue weighted by molar-refractivity contribution is -0.147. The van der Waals surface area contributed by atoms with Crippen molar-refractivity contribution in [1.82, 2.24) is 0 Å². The molecule has 0 aromatic heterocycles. The Hall–Kier alpha value is -2.91. The molecular formula is C27H29NO2. The lowest BCUT2D eigenvalue weighted by Gasteiger charge is -2.33. The van der Waals surface area contributed by atoms with Gasteiger partial charge in [-0.2, -0.15) is 0 Å². The topological polar surface area (TPSA) is 52.3 Å². The molecule has 3 aromatic carbocycles. The van der Waals surface area contributed by atoms with Gasteiger partial charge >= 0.3 is 5.97 Å². The molecule has 0 heterocycles. The van der Waals surface area contributed by atoms with E-state index >= 15 is 0 Å². The highest BCUT2D eigenvalue weighted by molar-refractivity contribution is 5.88. The van der Waals surface area contributed by atoms with Crippen LogP contribution >= 0.6 is 0 Å². The third-order valence-electron chi connectivity index (χ3n) is 6.34. The van der Waals surface area contributed by atoms with Crippen molar-refractivity contribution in [2.75, 3.05) is 6.61 Å². The summed E-state index contributed by atoms with van der Waals surface area (Å²) < 4.78 is 5.55. The van der Waals surface area contributed by atoms with Crippen molar-refractivity contribution in [1.29, 1.82) is 0 Å². The normalized spacial score (nSPS) is 20.5. The van der Waals surface area contributed by atoms with E-state index in [1.165, 1.54) is 11.1 Å². The van der Waals surface area contributed by atoms with Crippen LogP contribution in [-0.2, 0) is 27.8 Å². The maximum absolute atomic E-state index is 13.2. The van der Waals surface area contributed by atoms with Crippen LogP contribution in [-0.4, -0.2) is 18.1 Å². The Balaban J connectivity index is 1.73. The largest absolute Gasteiger partial charge is 0.465 e. The van der Waals surface area contributed by atoms with Crippen molar-refractivity contribution in [3.63, 3.8) is 0 Å². The molecule has 0 amide bonds. The predicted molar refractivity (Wildman–Crippen MR) is 120 cm³/mol. The highest BCUT2D eigenvalue weighted by atomic mass is 16.5. The van der Waals surface area contributed by atoms with Gasteiger partial charge < -0.3 is 10.5 Å². The quantitative estimate of drug-likeness (QED) is 0.559. The van der Waals surface area contributed by atoms with Crippen LogP contribution in [0.25, 0.3) is 0 Å². The number of nitrogens with two attached hydrogens (primary N) is 1. The first-order valence-corrected chi connectivity index (χ1v) is 10.7. The van der Waals surface area contributed by atoms with Crippen molar-refractivity contribution >= 4 is 5.97 Å². The smallest absolute Gasteiger partial charge is 0.316 e. The average Bonchev–Trinajstić information content (AvgIpc) is 3.54. The van der Waals surface area contributed by atoms with Crippen LogP contribution in [0, 0.1) is 5.92 Å². The van der Waals surface area contributed by atoms with E-state index in [0.717, 1.165) is 5.56 Å². The zero-order valence-corrected chi connectivity index (χ0v) is 17.5. The summed E-state index contributed by atoms with van der Waals surface area (Å²) in [6.07, 6.45) is 2.13. The van der Waals surface area contributed by atoms with Gasteiger partial charge in [-0.25, -0.2) is 0 Å². The minimum absolute atomic E-state index is 0.00635. The minimum atomic E-state index is -0.671. The summed E-state index contributed by atoms with van der Waals surface area (Å²) in [4.78, 5) is 13.2. The molecule has 3 heteroatoms. The SMILES string of the molecule is CCOC(=O)C1(c2ccccc2)CC1C(N)(Cc1ccccc1)Cc1ccccc1. The molecule has 0 saturated heterocycles. The molecule has 3 nitrogen and oxygen atoms in total. The van der Waals surface area contributed by atoms with Crippen LogP contribution in [0.15, 0.2) is 91.0 Å². The van der Waals surface area contributed by atoms with Crippen LogP contribution < -0.4 is 5.73 Å². The standard InChI is InChI=1S/C27H29NO2/c1-2-30-25(29)27(23-16-10-5-11-17-23)20-24(27)26(28,18-21-12-6-3-7-13-21)19-22-14-8-4-9-15-22/h3-17,24H,2,18-20,28H2,1H3. The second-order valence-electron chi connectivity index (χ2n) is 8.37. The van der Waals surface area contributed by atoms with E-state index in [2.05, 4.69) is 24.3 Å². The zero-order valence-electron chi connectivity index (χ0n) is 17.5. The van der Waals surface area contributed by atoms with Crippen molar-refractivity contribution in [2.45, 2.75) is 37.1 Å². The first-order chi connectivity index (χ1) is 14.6. The molecule has 1 aliphatic carbocycles. The summed E-state index contributed by atoms with van der Waals surface area (Å²) in [6.45, 7) is 2.23. The maximum Gasteiger partial charge on any atom is 0.316 e. The lowest BCUT2D eigenvalue weighted by atomic mass is 9.77. The van der Waals surface area contributed by atoms with Gasteiger partial charge in [0.15, 0.2) is 0 Å². The van der Waals surface area contributed by atoms with Gasteiger partial charge in [0, 0.05) is 5.54 Å². The molecule has 0 radical (unpaired) electrons. The lowest BCUT2D eigenvalue weighted by Crippen LogP contribution is -2.50. The Kier molecular flexibility index (Phi) is 5.74. The average molecular weight is 400 g/mol. The Labute approximate surface area is 178 Å². The van der Waals surface area contributed by atoms with Gasteiger partial charge in [0.1, 0.15) is 0 Å². The molecule has 2 N–H and O–H groups in total. The fourth-order valence-electron chi connectivity index (χ4n) is 4.88. The second kappa shape index (κ2) is 8.45.